The Kier molecular flexibility index (Phi) is 7.27. The zero-order valence-corrected chi connectivity index (χ0v) is 19.4. The van der Waals surface area contributed by atoms with E-state index in [9.17, 15) is 22.8 Å². The fraction of sp³-hybridized carbons (Fsp3) is 0.190. The number of imide groups is 1. The van der Waals surface area contributed by atoms with E-state index in [1.54, 1.807) is 13.8 Å². The Labute approximate surface area is 194 Å². The van der Waals surface area contributed by atoms with E-state index in [0.717, 1.165) is 4.90 Å². The average Bonchev–Trinajstić information content (AvgIpc) is 2.96. The monoisotopic (exact) mass is 495 g/mol. The first-order chi connectivity index (χ1) is 15.0. The lowest BCUT2D eigenvalue weighted by Gasteiger charge is -2.13. The van der Waals surface area contributed by atoms with Gasteiger partial charge in [0, 0.05) is 5.02 Å². The van der Waals surface area contributed by atoms with Crippen LogP contribution in [0.4, 0.5) is 4.79 Å². The standard InChI is InChI=1S/C21H18ClNO7S2/c1-13(2)29-19(24)12-23-20(25)18(31-21(23)26)11-14-3-7-16(8-4-14)30-32(27,28)17-9-5-15(22)6-10-17/h3-11,13H,12H2,1-2H3/b18-11-. The van der Waals surface area contributed by atoms with Crippen LogP contribution in [0, 0.1) is 0 Å². The smallest absolute Gasteiger partial charge is 0.339 e. The summed E-state index contributed by atoms with van der Waals surface area (Å²) in [5, 5.41) is -0.175. The van der Waals surface area contributed by atoms with Crippen molar-refractivity contribution in [3.63, 3.8) is 0 Å². The van der Waals surface area contributed by atoms with Crippen molar-refractivity contribution in [2.24, 2.45) is 0 Å². The summed E-state index contributed by atoms with van der Waals surface area (Å²) in [4.78, 5) is 37.2. The Hall–Kier alpha value is -2.82. The highest BCUT2D eigenvalue weighted by atomic mass is 35.5. The van der Waals surface area contributed by atoms with E-state index in [2.05, 4.69) is 0 Å². The molecule has 0 aromatic heterocycles. The molecular weight excluding hydrogens is 478 g/mol. The van der Waals surface area contributed by atoms with Crippen molar-refractivity contribution in [2.75, 3.05) is 6.54 Å². The molecule has 1 saturated heterocycles. The van der Waals surface area contributed by atoms with Gasteiger partial charge in [-0.1, -0.05) is 23.7 Å². The number of benzene rings is 2. The first kappa shape index (κ1) is 23.8. The summed E-state index contributed by atoms with van der Waals surface area (Å²) in [6, 6.07) is 11.5. The third kappa shape index (κ3) is 5.90. The third-order valence-corrected chi connectivity index (χ3v) is 6.43. The van der Waals surface area contributed by atoms with Crippen LogP contribution >= 0.6 is 23.4 Å². The molecule has 8 nitrogen and oxygen atoms in total. The van der Waals surface area contributed by atoms with E-state index in [0.29, 0.717) is 22.3 Å². The maximum absolute atomic E-state index is 12.5. The molecule has 3 rings (SSSR count). The topological polar surface area (TPSA) is 107 Å². The van der Waals surface area contributed by atoms with Crippen LogP contribution in [0.5, 0.6) is 5.75 Å². The number of carbonyl (C=O) groups excluding carboxylic acids is 3. The zero-order chi connectivity index (χ0) is 23.5. The number of hydrogen-bond donors (Lipinski definition) is 0. The SMILES string of the molecule is CC(C)OC(=O)CN1C(=O)S/C(=C\c2ccc(OS(=O)(=O)c3ccc(Cl)cc3)cc2)C1=O. The van der Waals surface area contributed by atoms with Crippen LogP contribution < -0.4 is 4.18 Å². The second-order valence-electron chi connectivity index (χ2n) is 6.87. The minimum Gasteiger partial charge on any atom is -0.462 e. The van der Waals surface area contributed by atoms with Crippen molar-refractivity contribution < 1.29 is 31.7 Å². The van der Waals surface area contributed by atoms with E-state index >= 15 is 0 Å². The highest BCUT2D eigenvalue weighted by Gasteiger charge is 2.36. The number of thioether (sulfide) groups is 1. The van der Waals surface area contributed by atoms with Crippen LogP contribution in [-0.4, -0.2) is 43.1 Å². The number of nitrogens with zero attached hydrogens (tertiary/aromatic N) is 1. The molecule has 32 heavy (non-hydrogen) atoms. The summed E-state index contributed by atoms with van der Waals surface area (Å²) in [5.41, 5.74) is 0.538. The van der Waals surface area contributed by atoms with Crippen LogP contribution in [-0.2, 0) is 24.4 Å². The normalized spacial score (nSPS) is 15.5. The van der Waals surface area contributed by atoms with Gasteiger partial charge in [-0.3, -0.25) is 19.3 Å². The molecule has 0 atom stereocenters. The van der Waals surface area contributed by atoms with Crippen LogP contribution in [0.3, 0.4) is 0 Å². The first-order valence-electron chi connectivity index (χ1n) is 9.30. The van der Waals surface area contributed by atoms with E-state index in [-0.39, 0.29) is 21.7 Å². The van der Waals surface area contributed by atoms with Gasteiger partial charge >= 0.3 is 16.1 Å². The first-order valence-corrected chi connectivity index (χ1v) is 11.9. The van der Waals surface area contributed by atoms with Crippen molar-refractivity contribution in [2.45, 2.75) is 24.8 Å². The zero-order valence-electron chi connectivity index (χ0n) is 17.0. The van der Waals surface area contributed by atoms with Crippen LogP contribution in [0.1, 0.15) is 19.4 Å². The van der Waals surface area contributed by atoms with Gasteiger partial charge in [0.05, 0.1) is 11.0 Å². The predicted octanol–water partition coefficient (Wildman–Crippen LogP) is 4.10. The van der Waals surface area contributed by atoms with E-state index in [1.807, 2.05) is 0 Å². The number of ether oxygens (including phenoxy) is 1. The van der Waals surface area contributed by atoms with E-state index < -0.39 is 33.8 Å². The lowest BCUT2D eigenvalue weighted by Crippen LogP contribution is -2.35. The average molecular weight is 496 g/mol. The number of halogens is 1. The molecule has 1 heterocycles. The molecule has 0 spiro atoms. The molecular formula is C21H18ClNO7S2. The highest BCUT2D eigenvalue weighted by molar-refractivity contribution is 8.18. The maximum Gasteiger partial charge on any atom is 0.339 e. The van der Waals surface area contributed by atoms with Crippen LogP contribution in [0.2, 0.25) is 5.02 Å². The van der Waals surface area contributed by atoms with Gasteiger partial charge < -0.3 is 8.92 Å². The van der Waals surface area contributed by atoms with Gasteiger partial charge in [-0.2, -0.15) is 8.42 Å². The van der Waals surface area contributed by atoms with Crippen LogP contribution in [0.15, 0.2) is 58.3 Å². The van der Waals surface area contributed by atoms with Gasteiger partial charge in [0.2, 0.25) is 0 Å². The van der Waals surface area contributed by atoms with E-state index in [1.165, 1.54) is 54.6 Å². The van der Waals surface area contributed by atoms with Crippen molar-refractivity contribution in [3.8, 4) is 5.75 Å². The minimum absolute atomic E-state index is 0.0457. The molecule has 0 bridgehead atoms. The molecule has 1 aliphatic heterocycles. The second-order valence-corrected chi connectivity index (χ2v) is 9.84. The van der Waals surface area contributed by atoms with Gasteiger partial charge in [0.25, 0.3) is 11.1 Å². The van der Waals surface area contributed by atoms with Crippen molar-refractivity contribution in [3.05, 3.63) is 64.0 Å². The number of carbonyl (C=O) groups is 3. The molecule has 1 fully saturated rings. The van der Waals surface area contributed by atoms with Gasteiger partial charge in [-0.05, 0) is 73.6 Å². The molecule has 2 amide bonds. The summed E-state index contributed by atoms with van der Waals surface area (Å²) >= 11 is 6.47. The molecule has 0 saturated carbocycles. The Balaban J connectivity index is 1.69. The fourth-order valence-electron chi connectivity index (χ4n) is 2.61. The maximum atomic E-state index is 12.5. The predicted molar refractivity (Wildman–Crippen MR) is 120 cm³/mol. The number of esters is 1. The van der Waals surface area contributed by atoms with Gasteiger partial charge in [-0.15, -0.1) is 0 Å². The Morgan fingerprint density at radius 1 is 1.09 bits per heavy atom. The molecule has 0 aliphatic carbocycles. The van der Waals surface area contributed by atoms with E-state index in [4.69, 9.17) is 20.5 Å². The number of hydrogen-bond acceptors (Lipinski definition) is 8. The van der Waals surface area contributed by atoms with Crippen molar-refractivity contribution in [1.29, 1.82) is 0 Å². The largest absolute Gasteiger partial charge is 0.462 e. The molecule has 2 aromatic carbocycles. The minimum atomic E-state index is -4.04. The molecule has 0 radical (unpaired) electrons. The Bertz CT molecular complexity index is 1170. The quantitative estimate of drug-likeness (QED) is 0.321. The highest BCUT2D eigenvalue weighted by Crippen LogP contribution is 2.32. The van der Waals surface area contributed by atoms with Crippen molar-refractivity contribution >= 4 is 56.7 Å². The van der Waals surface area contributed by atoms with Crippen molar-refractivity contribution in [1.82, 2.24) is 4.90 Å². The summed E-state index contributed by atoms with van der Waals surface area (Å²) < 4.78 is 34.8. The number of amides is 2. The Morgan fingerprint density at radius 3 is 2.31 bits per heavy atom. The lowest BCUT2D eigenvalue weighted by molar-refractivity contribution is -0.149. The Morgan fingerprint density at radius 2 is 1.72 bits per heavy atom. The van der Waals surface area contributed by atoms with Crippen LogP contribution in [0.25, 0.3) is 6.08 Å². The molecule has 11 heteroatoms. The summed E-state index contributed by atoms with van der Waals surface area (Å²) in [6.45, 7) is 2.87. The van der Waals surface area contributed by atoms with Gasteiger partial charge in [-0.25, -0.2) is 0 Å². The molecule has 1 aliphatic rings. The van der Waals surface area contributed by atoms with Gasteiger partial charge in [0.15, 0.2) is 0 Å². The molecule has 0 N–H and O–H groups in total. The summed E-state index contributed by atoms with van der Waals surface area (Å²) in [6.07, 6.45) is 1.11. The fourth-order valence-corrected chi connectivity index (χ4v) is 4.51. The third-order valence-electron chi connectivity index (χ3n) is 4.01. The molecule has 0 unspecified atom stereocenters. The summed E-state index contributed by atoms with van der Waals surface area (Å²) in [7, 11) is -4.04. The summed E-state index contributed by atoms with van der Waals surface area (Å²) in [5.74, 6) is -1.21. The second kappa shape index (κ2) is 9.76. The number of rotatable bonds is 7. The molecule has 168 valence electrons. The molecule has 2 aromatic rings. The van der Waals surface area contributed by atoms with Gasteiger partial charge in [0.1, 0.15) is 17.2 Å². The lowest BCUT2D eigenvalue weighted by atomic mass is 10.2.